The highest BCUT2D eigenvalue weighted by Gasteiger charge is 2.26. The highest BCUT2D eigenvalue weighted by molar-refractivity contribution is 6.13. The first-order chi connectivity index (χ1) is 11.6. The van der Waals surface area contributed by atoms with Crippen LogP contribution in [0, 0.1) is 11.6 Å². The Hall–Kier alpha value is -3.02. The van der Waals surface area contributed by atoms with Gasteiger partial charge in [0.25, 0.3) is 0 Å². The van der Waals surface area contributed by atoms with E-state index in [1.54, 1.807) is 24.3 Å². The number of rotatable bonds is 4. The van der Waals surface area contributed by atoms with Gasteiger partial charge in [-0.1, -0.05) is 18.2 Å². The molecular weight excluding hydrogens is 316 g/mol. The maximum Gasteiger partial charge on any atom is 0.363 e. The lowest BCUT2D eigenvalue weighted by atomic mass is 10.2. The van der Waals surface area contributed by atoms with Gasteiger partial charge in [-0.3, -0.25) is 0 Å². The van der Waals surface area contributed by atoms with Crippen LogP contribution in [0.15, 0.2) is 53.2 Å². The summed E-state index contributed by atoms with van der Waals surface area (Å²) in [7, 11) is 0. The van der Waals surface area contributed by atoms with Crippen LogP contribution in [-0.4, -0.2) is 18.5 Å². The third kappa shape index (κ3) is 3.17. The first-order valence-electron chi connectivity index (χ1n) is 7.28. The van der Waals surface area contributed by atoms with Crippen LogP contribution in [0.5, 0.6) is 5.75 Å². The van der Waals surface area contributed by atoms with Gasteiger partial charge < -0.3 is 9.47 Å². The van der Waals surface area contributed by atoms with Crippen molar-refractivity contribution in [1.82, 2.24) is 0 Å². The average molecular weight is 329 g/mol. The number of halogens is 2. The Morgan fingerprint density at radius 2 is 1.96 bits per heavy atom. The van der Waals surface area contributed by atoms with Crippen LogP contribution in [0.25, 0.3) is 6.08 Å². The molecule has 0 fully saturated rings. The molecule has 1 aliphatic heterocycles. The predicted molar refractivity (Wildman–Crippen MR) is 84.6 cm³/mol. The first-order valence-corrected chi connectivity index (χ1v) is 7.28. The maximum atomic E-state index is 13.3. The van der Waals surface area contributed by atoms with Crippen molar-refractivity contribution in [3.63, 3.8) is 0 Å². The van der Waals surface area contributed by atoms with E-state index in [2.05, 4.69) is 4.99 Å². The molecule has 0 aliphatic carbocycles. The van der Waals surface area contributed by atoms with Gasteiger partial charge in [0.15, 0.2) is 17.3 Å². The van der Waals surface area contributed by atoms with Crippen LogP contribution < -0.4 is 4.74 Å². The van der Waals surface area contributed by atoms with Crippen LogP contribution in [-0.2, 0) is 9.53 Å². The maximum absolute atomic E-state index is 13.3. The molecule has 0 unspecified atom stereocenters. The van der Waals surface area contributed by atoms with Gasteiger partial charge in [-0.25, -0.2) is 18.6 Å². The summed E-state index contributed by atoms with van der Waals surface area (Å²) >= 11 is 0. The fourth-order valence-electron chi connectivity index (χ4n) is 2.21. The molecule has 0 saturated heterocycles. The molecule has 0 bridgehead atoms. The minimum Gasteiger partial charge on any atom is -0.493 e. The van der Waals surface area contributed by atoms with Crippen molar-refractivity contribution in [2.75, 3.05) is 6.61 Å². The topological polar surface area (TPSA) is 47.9 Å². The molecule has 122 valence electrons. The second-order valence-electron chi connectivity index (χ2n) is 4.94. The predicted octanol–water partition coefficient (Wildman–Crippen LogP) is 3.71. The molecule has 4 nitrogen and oxygen atoms in total. The van der Waals surface area contributed by atoms with Crippen LogP contribution in [0.3, 0.4) is 0 Å². The number of para-hydroxylation sites is 1. The van der Waals surface area contributed by atoms with Crippen LogP contribution in [0.4, 0.5) is 8.78 Å². The van der Waals surface area contributed by atoms with E-state index in [1.165, 1.54) is 12.1 Å². The zero-order valence-corrected chi connectivity index (χ0v) is 12.8. The molecule has 0 spiro atoms. The van der Waals surface area contributed by atoms with E-state index in [4.69, 9.17) is 9.47 Å². The fourth-order valence-corrected chi connectivity index (χ4v) is 2.21. The van der Waals surface area contributed by atoms with Crippen LogP contribution in [0.2, 0.25) is 0 Å². The number of carbonyl (C=O) groups is 1. The third-order valence-corrected chi connectivity index (χ3v) is 3.28. The van der Waals surface area contributed by atoms with Crippen molar-refractivity contribution in [1.29, 1.82) is 0 Å². The van der Waals surface area contributed by atoms with Gasteiger partial charge in [0.2, 0.25) is 5.90 Å². The van der Waals surface area contributed by atoms with Crippen molar-refractivity contribution in [2.45, 2.75) is 6.92 Å². The van der Waals surface area contributed by atoms with Crippen molar-refractivity contribution in [3.8, 4) is 5.75 Å². The van der Waals surface area contributed by atoms with Gasteiger partial charge in [-0.2, -0.15) is 0 Å². The van der Waals surface area contributed by atoms with Gasteiger partial charge in [-0.05, 0) is 42.8 Å². The van der Waals surface area contributed by atoms with Crippen LogP contribution >= 0.6 is 0 Å². The minimum absolute atomic E-state index is 0.00214. The smallest absolute Gasteiger partial charge is 0.363 e. The standard InChI is InChI=1S/C18H13F2NO3/c1-2-23-16-6-4-3-5-12(16)17-21-15(18(22)24-17)10-11-7-8-13(19)14(20)9-11/h3-10H,2H2,1H3/b15-10-. The number of ether oxygens (including phenoxy) is 2. The lowest BCUT2D eigenvalue weighted by Gasteiger charge is -2.08. The van der Waals surface area contributed by atoms with Gasteiger partial charge >= 0.3 is 5.97 Å². The normalized spacial score (nSPS) is 15.4. The molecule has 0 aromatic heterocycles. The fraction of sp³-hybridized carbons (Fsp3) is 0.111. The van der Waals surface area contributed by atoms with Gasteiger partial charge in [0.1, 0.15) is 5.75 Å². The van der Waals surface area contributed by atoms with E-state index in [0.717, 1.165) is 12.1 Å². The van der Waals surface area contributed by atoms with Gasteiger partial charge in [-0.15, -0.1) is 0 Å². The number of hydrogen-bond donors (Lipinski definition) is 0. The number of hydrogen-bond acceptors (Lipinski definition) is 4. The number of esters is 1. The molecule has 1 aliphatic rings. The van der Waals surface area contributed by atoms with E-state index in [9.17, 15) is 13.6 Å². The Labute approximate surface area is 137 Å². The summed E-state index contributed by atoms with van der Waals surface area (Å²) in [4.78, 5) is 16.1. The molecule has 1 heterocycles. The number of carbonyl (C=O) groups excluding carboxylic acids is 1. The molecule has 0 saturated carbocycles. The molecule has 2 aromatic rings. The molecule has 2 aromatic carbocycles. The second kappa shape index (κ2) is 6.62. The number of benzene rings is 2. The number of nitrogens with zero attached hydrogens (tertiary/aromatic N) is 1. The summed E-state index contributed by atoms with van der Waals surface area (Å²) < 4.78 is 36.9. The highest BCUT2D eigenvalue weighted by atomic mass is 19.2. The molecule has 0 radical (unpaired) electrons. The second-order valence-corrected chi connectivity index (χ2v) is 4.94. The molecule has 6 heteroatoms. The van der Waals surface area contributed by atoms with Crippen molar-refractivity contribution >= 4 is 17.9 Å². The SMILES string of the molecule is CCOc1ccccc1C1=N/C(=C\c2ccc(F)c(F)c2)C(=O)O1. The van der Waals surface area contributed by atoms with Crippen molar-refractivity contribution in [3.05, 3.63) is 70.9 Å². The highest BCUT2D eigenvalue weighted by Crippen LogP contribution is 2.25. The number of aliphatic imine (C=N–C) groups is 1. The van der Waals surface area contributed by atoms with Gasteiger partial charge in [0, 0.05) is 0 Å². The summed E-state index contributed by atoms with van der Waals surface area (Å²) in [5, 5.41) is 0. The minimum atomic E-state index is -0.999. The summed E-state index contributed by atoms with van der Waals surface area (Å²) in [5.41, 5.74) is 0.854. The molecule has 3 rings (SSSR count). The average Bonchev–Trinajstić information content (AvgIpc) is 2.92. The lowest BCUT2D eigenvalue weighted by Crippen LogP contribution is -2.07. The summed E-state index contributed by atoms with van der Waals surface area (Å²) in [6.07, 6.45) is 1.33. The monoisotopic (exact) mass is 329 g/mol. The van der Waals surface area contributed by atoms with Crippen molar-refractivity contribution in [2.24, 2.45) is 4.99 Å². The van der Waals surface area contributed by atoms with E-state index in [1.807, 2.05) is 6.92 Å². The van der Waals surface area contributed by atoms with Crippen molar-refractivity contribution < 1.29 is 23.0 Å². The Morgan fingerprint density at radius 3 is 2.71 bits per heavy atom. The van der Waals surface area contributed by atoms with Gasteiger partial charge in [0.05, 0.1) is 12.2 Å². The Morgan fingerprint density at radius 1 is 1.17 bits per heavy atom. The van der Waals surface area contributed by atoms with E-state index < -0.39 is 17.6 Å². The molecule has 0 atom stereocenters. The third-order valence-electron chi connectivity index (χ3n) is 3.28. The molecule has 0 amide bonds. The van der Waals surface area contributed by atoms with E-state index >= 15 is 0 Å². The summed E-state index contributed by atoms with van der Waals surface area (Å²) in [6.45, 7) is 2.30. The molecule has 24 heavy (non-hydrogen) atoms. The Kier molecular flexibility index (Phi) is 4.37. The Bertz CT molecular complexity index is 859. The molecular formula is C18H13F2NO3. The zero-order chi connectivity index (χ0) is 17.1. The van der Waals surface area contributed by atoms with E-state index in [-0.39, 0.29) is 11.6 Å². The summed E-state index contributed by atoms with van der Waals surface area (Å²) in [6, 6.07) is 10.3. The van der Waals surface area contributed by atoms with Crippen LogP contribution in [0.1, 0.15) is 18.1 Å². The van der Waals surface area contributed by atoms with E-state index in [0.29, 0.717) is 23.5 Å². The number of cyclic esters (lactones) is 1. The Balaban J connectivity index is 1.96. The first kappa shape index (κ1) is 15.9. The largest absolute Gasteiger partial charge is 0.493 e. The quantitative estimate of drug-likeness (QED) is 0.635. The molecule has 0 N–H and O–H groups in total. The zero-order valence-electron chi connectivity index (χ0n) is 12.8. The lowest BCUT2D eigenvalue weighted by molar-refractivity contribution is -0.129. The summed E-state index contributed by atoms with van der Waals surface area (Å²) in [5.74, 6) is -1.97.